The summed E-state index contributed by atoms with van der Waals surface area (Å²) >= 11 is 0. The Balaban J connectivity index is 1.92. The highest BCUT2D eigenvalue weighted by molar-refractivity contribution is 6.09. The van der Waals surface area contributed by atoms with E-state index in [1.54, 1.807) is 11.1 Å². The normalized spacial score (nSPS) is 21.0. The number of rotatable bonds is 1. The van der Waals surface area contributed by atoms with Gasteiger partial charge in [-0.25, -0.2) is 10.0 Å². The Morgan fingerprint density at radius 2 is 1.78 bits per heavy atom. The lowest BCUT2D eigenvalue weighted by Crippen LogP contribution is -2.56. The van der Waals surface area contributed by atoms with Gasteiger partial charge < -0.3 is 4.74 Å². The van der Waals surface area contributed by atoms with Gasteiger partial charge in [-0.2, -0.15) is 0 Å². The van der Waals surface area contributed by atoms with E-state index in [4.69, 9.17) is 4.74 Å². The molecule has 2 aliphatic rings. The summed E-state index contributed by atoms with van der Waals surface area (Å²) in [7, 11) is 0. The average molecular weight is 246 g/mol. The topological polar surface area (TPSA) is 49.9 Å². The van der Waals surface area contributed by atoms with Gasteiger partial charge >= 0.3 is 0 Å². The molecule has 0 aliphatic carbocycles. The fourth-order valence-corrected chi connectivity index (χ4v) is 2.39. The molecule has 18 heavy (non-hydrogen) atoms. The van der Waals surface area contributed by atoms with Crippen LogP contribution in [-0.4, -0.2) is 48.1 Å². The number of carbonyl (C=O) groups is 2. The quantitative estimate of drug-likeness (QED) is 0.675. The fourth-order valence-electron chi connectivity index (χ4n) is 2.39. The van der Waals surface area contributed by atoms with Crippen LogP contribution in [0.1, 0.15) is 15.9 Å². The van der Waals surface area contributed by atoms with Crippen LogP contribution in [0.5, 0.6) is 0 Å². The standard InChI is InChI=1S/C13H14N2O3/c16-12-9-10-3-1-2-4-11(10)13(17)15(12)14-5-7-18-8-6-14/h1-4H,5-9H2. The summed E-state index contributed by atoms with van der Waals surface area (Å²) in [5, 5.41) is 3.06. The number of benzene rings is 1. The summed E-state index contributed by atoms with van der Waals surface area (Å²) < 4.78 is 5.24. The number of morpholine rings is 1. The number of nitrogens with zero attached hydrogens (tertiary/aromatic N) is 2. The molecule has 0 aromatic heterocycles. The van der Waals surface area contributed by atoms with Gasteiger partial charge in [-0.15, -0.1) is 0 Å². The Bertz CT molecular complexity index is 495. The van der Waals surface area contributed by atoms with E-state index >= 15 is 0 Å². The van der Waals surface area contributed by atoms with Crippen LogP contribution in [0.2, 0.25) is 0 Å². The molecule has 0 radical (unpaired) electrons. The van der Waals surface area contributed by atoms with Crippen LogP contribution in [-0.2, 0) is 16.0 Å². The van der Waals surface area contributed by atoms with E-state index in [1.165, 1.54) is 5.01 Å². The van der Waals surface area contributed by atoms with Crippen LogP contribution in [0.4, 0.5) is 0 Å². The maximum absolute atomic E-state index is 12.3. The van der Waals surface area contributed by atoms with Gasteiger partial charge in [0.1, 0.15) is 0 Å². The third-order valence-corrected chi connectivity index (χ3v) is 3.29. The summed E-state index contributed by atoms with van der Waals surface area (Å²) in [6, 6.07) is 7.28. The molecule has 1 aromatic rings. The Morgan fingerprint density at radius 1 is 1.06 bits per heavy atom. The third-order valence-electron chi connectivity index (χ3n) is 3.29. The van der Waals surface area contributed by atoms with Crippen LogP contribution < -0.4 is 0 Å². The molecule has 0 saturated carbocycles. The number of ether oxygens (including phenoxy) is 1. The fraction of sp³-hybridized carbons (Fsp3) is 0.385. The molecule has 1 fully saturated rings. The number of hydrogen-bond donors (Lipinski definition) is 0. The van der Waals surface area contributed by atoms with Crippen molar-refractivity contribution in [2.45, 2.75) is 6.42 Å². The smallest absolute Gasteiger partial charge is 0.275 e. The average Bonchev–Trinajstić information content (AvgIpc) is 2.40. The predicted octanol–water partition coefficient (Wildman–Crippen LogP) is 0.459. The monoisotopic (exact) mass is 246 g/mol. The molecule has 5 nitrogen and oxygen atoms in total. The van der Waals surface area contributed by atoms with Crippen LogP contribution in [0.3, 0.4) is 0 Å². The lowest BCUT2D eigenvalue weighted by molar-refractivity contribution is -0.148. The highest BCUT2D eigenvalue weighted by Crippen LogP contribution is 2.21. The van der Waals surface area contributed by atoms with E-state index in [0.717, 1.165) is 5.56 Å². The molecule has 1 saturated heterocycles. The first kappa shape index (κ1) is 11.4. The van der Waals surface area contributed by atoms with Crippen LogP contribution in [0.15, 0.2) is 24.3 Å². The van der Waals surface area contributed by atoms with E-state index in [2.05, 4.69) is 0 Å². The number of carbonyl (C=O) groups excluding carboxylic acids is 2. The van der Waals surface area contributed by atoms with Gasteiger partial charge in [0.2, 0.25) is 5.91 Å². The van der Waals surface area contributed by atoms with Crippen molar-refractivity contribution in [1.82, 2.24) is 10.0 Å². The first-order chi connectivity index (χ1) is 8.77. The van der Waals surface area contributed by atoms with Crippen molar-refractivity contribution in [2.75, 3.05) is 26.3 Å². The number of hydrogen-bond acceptors (Lipinski definition) is 4. The molecule has 0 spiro atoms. The molecular weight excluding hydrogens is 232 g/mol. The third kappa shape index (κ3) is 1.81. The van der Waals surface area contributed by atoms with Crippen molar-refractivity contribution in [3.63, 3.8) is 0 Å². The largest absolute Gasteiger partial charge is 0.379 e. The van der Waals surface area contributed by atoms with Crippen molar-refractivity contribution in [1.29, 1.82) is 0 Å². The molecule has 3 rings (SSSR count). The first-order valence-corrected chi connectivity index (χ1v) is 6.05. The summed E-state index contributed by atoms with van der Waals surface area (Å²) in [4.78, 5) is 24.4. The molecule has 94 valence electrons. The zero-order valence-electron chi connectivity index (χ0n) is 9.96. The SMILES string of the molecule is O=C1Cc2ccccc2C(=O)N1N1CCOCC1. The molecule has 0 unspecified atom stereocenters. The Kier molecular flexibility index (Phi) is 2.85. The van der Waals surface area contributed by atoms with Crippen LogP contribution in [0, 0.1) is 0 Å². The molecule has 2 aliphatic heterocycles. The van der Waals surface area contributed by atoms with Gasteiger partial charge in [0.15, 0.2) is 0 Å². The van der Waals surface area contributed by atoms with Crippen molar-refractivity contribution in [2.24, 2.45) is 0 Å². The van der Waals surface area contributed by atoms with Gasteiger partial charge in [-0.3, -0.25) is 9.59 Å². The van der Waals surface area contributed by atoms with Crippen molar-refractivity contribution in [3.8, 4) is 0 Å². The van der Waals surface area contributed by atoms with E-state index < -0.39 is 0 Å². The van der Waals surface area contributed by atoms with Gasteiger partial charge in [0, 0.05) is 18.7 Å². The Hall–Kier alpha value is -1.72. The zero-order chi connectivity index (χ0) is 12.5. The highest BCUT2D eigenvalue weighted by atomic mass is 16.5. The summed E-state index contributed by atoms with van der Waals surface area (Å²) in [5.74, 6) is -0.371. The number of amides is 2. The van der Waals surface area contributed by atoms with Gasteiger partial charge in [0.05, 0.1) is 19.6 Å². The summed E-state index contributed by atoms with van der Waals surface area (Å²) in [6.07, 6.45) is 0.291. The van der Waals surface area contributed by atoms with Crippen LogP contribution >= 0.6 is 0 Å². The number of fused-ring (bicyclic) bond motifs is 1. The van der Waals surface area contributed by atoms with Gasteiger partial charge in [-0.05, 0) is 11.6 Å². The highest BCUT2D eigenvalue weighted by Gasteiger charge is 2.35. The second kappa shape index (κ2) is 4.51. The zero-order valence-corrected chi connectivity index (χ0v) is 9.96. The molecule has 0 bridgehead atoms. The number of hydrazine groups is 1. The molecule has 2 heterocycles. The van der Waals surface area contributed by atoms with E-state index in [-0.39, 0.29) is 11.8 Å². The maximum Gasteiger partial charge on any atom is 0.275 e. The van der Waals surface area contributed by atoms with Crippen LogP contribution in [0.25, 0.3) is 0 Å². The first-order valence-electron chi connectivity index (χ1n) is 6.05. The second-order valence-electron chi connectivity index (χ2n) is 4.41. The number of imide groups is 1. The maximum atomic E-state index is 12.3. The van der Waals surface area contributed by atoms with Crippen molar-refractivity contribution >= 4 is 11.8 Å². The molecule has 5 heteroatoms. The predicted molar refractivity (Wildman–Crippen MR) is 63.7 cm³/mol. The molecule has 0 N–H and O–H groups in total. The Labute approximate surface area is 105 Å². The van der Waals surface area contributed by atoms with E-state index in [1.807, 2.05) is 18.2 Å². The van der Waals surface area contributed by atoms with Crippen molar-refractivity contribution in [3.05, 3.63) is 35.4 Å². The molecule has 0 atom stereocenters. The minimum absolute atomic E-state index is 0.152. The van der Waals surface area contributed by atoms with Crippen molar-refractivity contribution < 1.29 is 14.3 Å². The Morgan fingerprint density at radius 3 is 2.56 bits per heavy atom. The lowest BCUT2D eigenvalue weighted by Gasteiger charge is -2.37. The van der Waals surface area contributed by atoms with Gasteiger partial charge in [-0.1, -0.05) is 18.2 Å². The lowest BCUT2D eigenvalue weighted by atomic mass is 9.99. The minimum atomic E-state index is -0.219. The second-order valence-corrected chi connectivity index (χ2v) is 4.41. The summed E-state index contributed by atoms with van der Waals surface area (Å²) in [6.45, 7) is 2.27. The van der Waals surface area contributed by atoms with E-state index in [9.17, 15) is 9.59 Å². The minimum Gasteiger partial charge on any atom is -0.379 e. The molecular formula is C13H14N2O3. The summed E-state index contributed by atoms with van der Waals surface area (Å²) in [5.41, 5.74) is 1.45. The van der Waals surface area contributed by atoms with E-state index in [0.29, 0.717) is 38.3 Å². The molecule has 1 aromatic carbocycles. The molecule has 2 amide bonds. The van der Waals surface area contributed by atoms with Gasteiger partial charge in [0.25, 0.3) is 5.91 Å².